The van der Waals surface area contributed by atoms with Crippen LogP contribution < -0.4 is 5.73 Å². The Kier molecular flexibility index (Phi) is 6.53. The van der Waals surface area contributed by atoms with Crippen LogP contribution in [-0.4, -0.2) is 0 Å². The molecular formula is C16H24F3N. The molecule has 0 aliphatic rings. The highest BCUT2D eigenvalue weighted by molar-refractivity contribution is 5.34. The van der Waals surface area contributed by atoms with Gasteiger partial charge in [0.1, 0.15) is 0 Å². The molecule has 0 aliphatic carbocycles. The van der Waals surface area contributed by atoms with E-state index in [4.69, 9.17) is 5.73 Å². The number of halogens is 3. The SMILES string of the molecule is CCCCCCCC(N)c1ccc(C(F)(F)F)cc1C. The number of unbranched alkanes of at least 4 members (excludes halogenated alkanes) is 4. The summed E-state index contributed by atoms with van der Waals surface area (Å²) < 4.78 is 37.8. The van der Waals surface area contributed by atoms with Crippen molar-refractivity contribution in [1.82, 2.24) is 0 Å². The third-order valence-electron chi connectivity index (χ3n) is 3.62. The monoisotopic (exact) mass is 287 g/mol. The molecule has 1 nitrogen and oxygen atoms in total. The molecule has 1 atom stereocenters. The van der Waals surface area contributed by atoms with E-state index >= 15 is 0 Å². The fraction of sp³-hybridized carbons (Fsp3) is 0.625. The lowest BCUT2D eigenvalue weighted by Gasteiger charge is -2.16. The van der Waals surface area contributed by atoms with Gasteiger partial charge in [0.25, 0.3) is 0 Å². The topological polar surface area (TPSA) is 26.0 Å². The molecule has 2 N–H and O–H groups in total. The van der Waals surface area contributed by atoms with E-state index in [-0.39, 0.29) is 6.04 Å². The Hall–Kier alpha value is -1.03. The first kappa shape index (κ1) is 17.0. The smallest absolute Gasteiger partial charge is 0.324 e. The van der Waals surface area contributed by atoms with Crippen molar-refractivity contribution in [3.8, 4) is 0 Å². The van der Waals surface area contributed by atoms with E-state index in [2.05, 4.69) is 6.92 Å². The van der Waals surface area contributed by atoms with E-state index in [9.17, 15) is 13.2 Å². The van der Waals surface area contributed by atoms with Crippen molar-refractivity contribution in [1.29, 1.82) is 0 Å². The summed E-state index contributed by atoms with van der Waals surface area (Å²) in [6.45, 7) is 3.86. The van der Waals surface area contributed by atoms with Crippen molar-refractivity contribution in [2.24, 2.45) is 5.73 Å². The quantitative estimate of drug-likeness (QED) is 0.670. The van der Waals surface area contributed by atoms with Gasteiger partial charge in [-0.3, -0.25) is 0 Å². The first-order valence-electron chi connectivity index (χ1n) is 7.29. The first-order valence-corrected chi connectivity index (χ1v) is 7.29. The van der Waals surface area contributed by atoms with E-state index in [1.807, 2.05) is 0 Å². The van der Waals surface area contributed by atoms with Gasteiger partial charge in [-0.25, -0.2) is 0 Å². The lowest BCUT2D eigenvalue weighted by molar-refractivity contribution is -0.137. The maximum absolute atomic E-state index is 12.6. The molecule has 0 fully saturated rings. The van der Waals surface area contributed by atoms with Gasteiger partial charge in [-0.1, -0.05) is 45.1 Å². The molecule has 0 bridgehead atoms. The van der Waals surface area contributed by atoms with Crippen molar-refractivity contribution >= 4 is 0 Å². The third-order valence-corrected chi connectivity index (χ3v) is 3.62. The standard InChI is InChI=1S/C16H24F3N/c1-3-4-5-6-7-8-15(20)14-10-9-13(11-12(14)2)16(17,18)19/h9-11,15H,3-8,20H2,1-2H3. The van der Waals surface area contributed by atoms with Crippen LogP contribution in [0.15, 0.2) is 18.2 Å². The van der Waals surface area contributed by atoms with Crippen molar-refractivity contribution in [2.45, 2.75) is 64.6 Å². The molecule has 1 rings (SSSR count). The molecule has 1 unspecified atom stereocenters. The zero-order valence-electron chi connectivity index (χ0n) is 12.3. The summed E-state index contributed by atoms with van der Waals surface area (Å²) in [6.07, 6.45) is 2.35. The van der Waals surface area contributed by atoms with Gasteiger partial charge < -0.3 is 5.73 Å². The van der Waals surface area contributed by atoms with Crippen LogP contribution in [0.4, 0.5) is 13.2 Å². The molecule has 0 aliphatic heterocycles. The number of hydrogen-bond donors (Lipinski definition) is 1. The summed E-state index contributed by atoms with van der Waals surface area (Å²) in [7, 11) is 0. The van der Waals surface area contributed by atoms with Gasteiger partial charge in [-0.2, -0.15) is 13.2 Å². The maximum Gasteiger partial charge on any atom is 0.416 e. The van der Waals surface area contributed by atoms with Crippen LogP contribution in [-0.2, 0) is 6.18 Å². The molecule has 0 saturated carbocycles. The first-order chi connectivity index (χ1) is 9.36. The van der Waals surface area contributed by atoms with Gasteiger partial charge >= 0.3 is 6.18 Å². The van der Waals surface area contributed by atoms with E-state index in [1.54, 1.807) is 6.92 Å². The number of aryl methyl sites for hydroxylation is 1. The third kappa shape index (κ3) is 5.16. The van der Waals surface area contributed by atoms with Gasteiger partial charge in [0.15, 0.2) is 0 Å². The van der Waals surface area contributed by atoms with Crippen LogP contribution >= 0.6 is 0 Å². The van der Waals surface area contributed by atoms with Crippen LogP contribution in [0.1, 0.15) is 68.2 Å². The van der Waals surface area contributed by atoms with E-state index in [1.165, 1.54) is 31.4 Å². The Morgan fingerprint density at radius 3 is 2.30 bits per heavy atom. The highest BCUT2D eigenvalue weighted by atomic mass is 19.4. The minimum Gasteiger partial charge on any atom is -0.324 e. The molecule has 4 heteroatoms. The molecule has 0 saturated heterocycles. The predicted molar refractivity (Wildman–Crippen MR) is 76.5 cm³/mol. The summed E-state index contributed by atoms with van der Waals surface area (Å²) in [5.41, 5.74) is 6.94. The molecular weight excluding hydrogens is 263 g/mol. The summed E-state index contributed by atoms with van der Waals surface area (Å²) in [6, 6.07) is 3.67. The van der Waals surface area contributed by atoms with Crippen LogP contribution in [0, 0.1) is 6.92 Å². The Labute approximate surface area is 119 Å². The second-order valence-corrected chi connectivity index (χ2v) is 5.38. The minimum atomic E-state index is -4.28. The summed E-state index contributed by atoms with van der Waals surface area (Å²) >= 11 is 0. The van der Waals surface area contributed by atoms with Crippen LogP contribution in [0.3, 0.4) is 0 Å². The van der Waals surface area contributed by atoms with Crippen LogP contribution in [0.25, 0.3) is 0 Å². The van der Waals surface area contributed by atoms with Crippen LogP contribution in [0.2, 0.25) is 0 Å². The zero-order chi connectivity index (χ0) is 15.2. The minimum absolute atomic E-state index is 0.168. The lowest BCUT2D eigenvalue weighted by Crippen LogP contribution is -2.13. The lowest BCUT2D eigenvalue weighted by atomic mass is 9.95. The molecule has 114 valence electrons. The molecule has 1 aromatic rings. The Morgan fingerprint density at radius 2 is 1.75 bits per heavy atom. The highest BCUT2D eigenvalue weighted by Crippen LogP contribution is 2.32. The maximum atomic E-state index is 12.6. The summed E-state index contributed by atoms with van der Waals surface area (Å²) in [5.74, 6) is 0. The van der Waals surface area contributed by atoms with Crippen molar-refractivity contribution < 1.29 is 13.2 Å². The predicted octanol–water partition coefficient (Wildman–Crippen LogP) is 5.37. The van der Waals surface area contributed by atoms with Gasteiger partial charge in [-0.15, -0.1) is 0 Å². The number of nitrogens with two attached hydrogens (primary N) is 1. The second kappa shape index (κ2) is 7.67. The largest absolute Gasteiger partial charge is 0.416 e. The molecule has 0 heterocycles. The summed E-state index contributed by atoms with van der Waals surface area (Å²) in [5, 5.41) is 0. The average molecular weight is 287 g/mol. The molecule has 1 aromatic carbocycles. The average Bonchev–Trinajstić information content (AvgIpc) is 2.37. The normalized spacial score (nSPS) is 13.5. The fourth-order valence-electron chi connectivity index (χ4n) is 2.39. The number of rotatable bonds is 7. The zero-order valence-corrected chi connectivity index (χ0v) is 12.3. The Bertz CT molecular complexity index is 413. The number of hydrogen-bond acceptors (Lipinski definition) is 1. The van der Waals surface area contributed by atoms with E-state index in [0.29, 0.717) is 5.56 Å². The Balaban J connectivity index is 2.58. The van der Waals surface area contributed by atoms with Crippen molar-refractivity contribution in [3.63, 3.8) is 0 Å². The van der Waals surface area contributed by atoms with Crippen molar-refractivity contribution in [2.75, 3.05) is 0 Å². The van der Waals surface area contributed by atoms with Gasteiger partial charge in [-0.05, 0) is 36.6 Å². The highest BCUT2D eigenvalue weighted by Gasteiger charge is 2.30. The Morgan fingerprint density at radius 1 is 1.10 bits per heavy atom. The van der Waals surface area contributed by atoms with Gasteiger partial charge in [0, 0.05) is 6.04 Å². The molecule has 0 spiro atoms. The molecule has 20 heavy (non-hydrogen) atoms. The van der Waals surface area contributed by atoms with Gasteiger partial charge in [0.2, 0.25) is 0 Å². The molecule has 0 amide bonds. The fourth-order valence-corrected chi connectivity index (χ4v) is 2.39. The summed E-state index contributed by atoms with van der Waals surface area (Å²) in [4.78, 5) is 0. The second-order valence-electron chi connectivity index (χ2n) is 5.38. The van der Waals surface area contributed by atoms with Crippen molar-refractivity contribution in [3.05, 3.63) is 34.9 Å². The number of benzene rings is 1. The van der Waals surface area contributed by atoms with E-state index < -0.39 is 11.7 Å². The molecule has 0 radical (unpaired) electrons. The molecule has 0 aromatic heterocycles. The number of alkyl halides is 3. The van der Waals surface area contributed by atoms with E-state index in [0.717, 1.165) is 30.9 Å². The van der Waals surface area contributed by atoms with Gasteiger partial charge in [0.05, 0.1) is 5.56 Å². The van der Waals surface area contributed by atoms with Crippen LogP contribution in [0.5, 0.6) is 0 Å².